The van der Waals surface area contributed by atoms with Crippen LogP contribution in [0.4, 0.5) is 0 Å². The first-order chi connectivity index (χ1) is 40.5. The van der Waals surface area contributed by atoms with Gasteiger partial charge in [-0.05, 0) is 51.4 Å². The van der Waals surface area contributed by atoms with Crippen molar-refractivity contribution in [1.82, 2.24) is 0 Å². The molecule has 0 aromatic carbocycles. The molecular formula is C76H144O6. The van der Waals surface area contributed by atoms with Gasteiger partial charge in [0.05, 0.1) is 0 Å². The highest BCUT2D eigenvalue weighted by Crippen LogP contribution is 2.19. The lowest BCUT2D eigenvalue weighted by atomic mass is 10.0. The summed E-state index contributed by atoms with van der Waals surface area (Å²) in [5, 5.41) is 0. The number of hydrogen-bond acceptors (Lipinski definition) is 6. The van der Waals surface area contributed by atoms with Gasteiger partial charge in [0, 0.05) is 19.3 Å². The van der Waals surface area contributed by atoms with Crippen LogP contribution in [0.25, 0.3) is 0 Å². The molecule has 0 saturated carbocycles. The second-order valence-electron chi connectivity index (χ2n) is 25.6. The van der Waals surface area contributed by atoms with Crippen LogP contribution in [0.2, 0.25) is 0 Å². The van der Waals surface area contributed by atoms with Crippen LogP contribution >= 0.6 is 0 Å². The average molecular weight is 1150 g/mol. The molecule has 0 fully saturated rings. The largest absolute Gasteiger partial charge is 0.462 e. The molecule has 6 nitrogen and oxygen atoms in total. The zero-order valence-corrected chi connectivity index (χ0v) is 55.8. The summed E-state index contributed by atoms with van der Waals surface area (Å²) in [6.45, 7) is 6.72. The van der Waals surface area contributed by atoms with Crippen molar-refractivity contribution in [1.29, 1.82) is 0 Å². The molecule has 0 aliphatic heterocycles. The second kappa shape index (κ2) is 71.4. The number of allylic oxidation sites excluding steroid dienone is 4. The Bertz CT molecular complexity index is 1320. The average Bonchev–Trinajstić information content (AvgIpc) is 3.47. The van der Waals surface area contributed by atoms with Crippen LogP contribution in [0, 0.1) is 0 Å². The number of esters is 3. The van der Waals surface area contributed by atoms with Crippen LogP contribution in [-0.2, 0) is 28.6 Å². The molecule has 0 N–H and O–H groups in total. The van der Waals surface area contributed by atoms with Crippen molar-refractivity contribution in [3.8, 4) is 0 Å². The zero-order valence-electron chi connectivity index (χ0n) is 55.8. The fourth-order valence-corrected chi connectivity index (χ4v) is 11.6. The van der Waals surface area contributed by atoms with Crippen molar-refractivity contribution in [2.45, 2.75) is 431 Å². The van der Waals surface area contributed by atoms with Crippen molar-refractivity contribution >= 4 is 17.9 Å². The topological polar surface area (TPSA) is 78.9 Å². The summed E-state index contributed by atoms with van der Waals surface area (Å²) in [6, 6.07) is 0. The number of unbranched alkanes of at least 4 members (excludes halogenated alkanes) is 55. The first kappa shape index (κ1) is 79.9. The van der Waals surface area contributed by atoms with E-state index in [2.05, 4.69) is 45.1 Å². The Morgan fingerprint density at radius 3 is 0.671 bits per heavy atom. The van der Waals surface area contributed by atoms with E-state index in [9.17, 15) is 14.4 Å². The van der Waals surface area contributed by atoms with Crippen LogP contribution in [0.5, 0.6) is 0 Å². The van der Waals surface area contributed by atoms with E-state index in [1.807, 2.05) is 0 Å². The van der Waals surface area contributed by atoms with Crippen molar-refractivity contribution < 1.29 is 28.6 Å². The highest BCUT2D eigenvalue weighted by Gasteiger charge is 2.20. The summed E-state index contributed by atoms with van der Waals surface area (Å²) in [5.41, 5.74) is 0. The predicted molar refractivity (Wildman–Crippen MR) is 358 cm³/mol. The van der Waals surface area contributed by atoms with Crippen molar-refractivity contribution in [3.05, 3.63) is 24.3 Å². The van der Waals surface area contributed by atoms with Gasteiger partial charge in [-0.2, -0.15) is 0 Å². The minimum absolute atomic E-state index is 0.0651. The van der Waals surface area contributed by atoms with Crippen LogP contribution in [-0.4, -0.2) is 37.2 Å². The van der Waals surface area contributed by atoms with E-state index < -0.39 is 6.10 Å². The normalized spacial score (nSPS) is 12.1. The molecule has 0 aliphatic carbocycles. The summed E-state index contributed by atoms with van der Waals surface area (Å²) in [7, 11) is 0. The Hall–Kier alpha value is -2.11. The van der Waals surface area contributed by atoms with Gasteiger partial charge in [-0.1, -0.05) is 379 Å². The Labute approximate surface area is 513 Å². The number of ether oxygens (including phenoxy) is 3. The summed E-state index contributed by atoms with van der Waals surface area (Å²) in [4.78, 5) is 38.5. The van der Waals surface area contributed by atoms with E-state index in [1.165, 1.54) is 321 Å². The quantitative estimate of drug-likeness (QED) is 0.0261. The van der Waals surface area contributed by atoms with E-state index in [-0.39, 0.29) is 31.1 Å². The van der Waals surface area contributed by atoms with E-state index in [0.29, 0.717) is 19.3 Å². The molecule has 0 rings (SSSR count). The van der Waals surface area contributed by atoms with E-state index in [1.54, 1.807) is 0 Å². The molecule has 0 saturated heterocycles. The predicted octanol–water partition coefficient (Wildman–Crippen LogP) is 25.7. The van der Waals surface area contributed by atoms with E-state index in [4.69, 9.17) is 14.2 Å². The first-order valence-corrected chi connectivity index (χ1v) is 37.3. The van der Waals surface area contributed by atoms with Crippen LogP contribution in [0.1, 0.15) is 425 Å². The lowest BCUT2D eigenvalue weighted by Gasteiger charge is -2.18. The van der Waals surface area contributed by atoms with Gasteiger partial charge in [0.1, 0.15) is 13.2 Å². The molecule has 0 radical (unpaired) electrons. The third-order valence-electron chi connectivity index (χ3n) is 17.2. The van der Waals surface area contributed by atoms with Gasteiger partial charge in [0.15, 0.2) is 6.10 Å². The highest BCUT2D eigenvalue weighted by atomic mass is 16.6. The third kappa shape index (κ3) is 68.7. The number of carbonyl (C=O) groups is 3. The summed E-state index contributed by atoms with van der Waals surface area (Å²) in [5.74, 6) is -0.832. The highest BCUT2D eigenvalue weighted by molar-refractivity contribution is 5.71. The number of carbonyl (C=O) groups excluding carboxylic acids is 3. The molecule has 484 valence electrons. The van der Waals surface area contributed by atoms with E-state index >= 15 is 0 Å². The number of rotatable bonds is 70. The van der Waals surface area contributed by atoms with Gasteiger partial charge in [-0.3, -0.25) is 14.4 Å². The zero-order chi connectivity index (χ0) is 59.2. The lowest BCUT2D eigenvalue weighted by molar-refractivity contribution is -0.167. The van der Waals surface area contributed by atoms with Gasteiger partial charge < -0.3 is 14.2 Å². The summed E-state index contributed by atoms with van der Waals surface area (Å²) in [6.07, 6.45) is 88.0. The summed E-state index contributed by atoms with van der Waals surface area (Å²) >= 11 is 0. The third-order valence-corrected chi connectivity index (χ3v) is 17.2. The molecule has 1 atom stereocenters. The van der Waals surface area contributed by atoms with Crippen molar-refractivity contribution in [2.75, 3.05) is 13.2 Å². The standard InChI is InChI=1S/C76H144O6/c1-4-7-10-13-16-19-22-25-27-29-31-33-35-36-37-38-39-41-42-44-46-48-51-54-57-60-63-66-69-75(78)81-72-73(71-80-74(77)68-65-62-59-56-53-50-24-21-18-15-12-9-6-3)82-76(79)70-67-64-61-58-55-52-49-47-45-43-40-34-32-30-28-26-23-20-17-14-11-8-5-2/h23,26,30,32,73H,4-22,24-25,27-29,31,33-72H2,1-3H3/b26-23-,32-30-. The molecule has 6 heteroatoms. The SMILES string of the molecule is CCCCCCC/C=C\C/C=C\CCCCCCCCCCCCCC(=O)OC(COC(=O)CCCCCCCCCCCCCCC)COC(=O)CCCCCCCCCCCCCCCCCCCCCCCCCCCCCC. The molecule has 0 aliphatic rings. The van der Waals surface area contributed by atoms with Gasteiger partial charge in [0.2, 0.25) is 0 Å². The molecule has 0 aromatic rings. The number of hydrogen-bond donors (Lipinski definition) is 0. The van der Waals surface area contributed by atoms with Gasteiger partial charge in [0.25, 0.3) is 0 Å². The molecular weight excluding hydrogens is 1010 g/mol. The fraction of sp³-hybridized carbons (Fsp3) is 0.908. The van der Waals surface area contributed by atoms with Crippen molar-refractivity contribution in [3.63, 3.8) is 0 Å². The van der Waals surface area contributed by atoms with Gasteiger partial charge >= 0.3 is 17.9 Å². The van der Waals surface area contributed by atoms with Crippen molar-refractivity contribution in [2.24, 2.45) is 0 Å². The molecule has 0 aromatic heterocycles. The Balaban J connectivity index is 4.18. The van der Waals surface area contributed by atoms with Crippen LogP contribution < -0.4 is 0 Å². The molecule has 82 heavy (non-hydrogen) atoms. The minimum atomic E-state index is -0.769. The van der Waals surface area contributed by atoms with Crippen LogP contribution in [0.15, 0.2) is 24.3 Å². The Kier molecular flexibility index (Phi) is 69.5. The van der Waals surface area contributed by atoms with Gasteiger partial charge in [-0.15, -0.1) is 0 Å². The lowest BCUT2D eigenvalue weighted by Crippen LogP contribution is -2.30. The maximum Gasteiger partial charge on any atom is 0.306 e. The minimum Gasteiger partial charge on any atom is -0.462 e. The monoisotopic (exact) mass is 1150 g/mol. The fourth-order valence-electron chi connectivity index (χ4n) is 11.6. The van der Waals surface area contributed by atoms with Crippen LogP contribution in [0.3, 0.4) is 0 Å². The maximum absolute atomic E-state index is 13.0. The Morgan fingerprint density at radius 2 is 0.439 bits per heavy atom. The Morgan fingerprint density at radius 1 is 0.244 bits per heavy atom. The molecule has 0 amide bonds. The maximum atomic E-state index is 13.0. The van der Waals surface area contributed by atoms with E-state index in [0.717, 1.165) is 64.2 Å². The smallest absolute Gasteiger partial charge is 0.306 e. The molecule has 0 heterocycles. The molecule has 0 bridgehead atoms. The van der Waals surface area contributed by atoms with Gasteiger partial charge in [-0.25, -0.2) is 0 Å². The molecule has 0 spiro atoms. The summed E-state index contributed by atoms with van der Waals surface area (Å²) < 4.78 is 17.0. The molecule has 1 unspecified atom stereocenters. The first-order valence-electron chi connectivity index (χ1n) is 37.3. The second-order valence-corrected chi connectivity index (χ2v) is 25.6.